The lowest BCUT2D eigenvalue weighted by Crippen LogP contribution is -2.11. The predicted molar refractivity (Wildman–Crippen MR) is 95.9 cm³/mol. The van der Waals surface area contributed by atoms with E-state index in [9.17, 15) is 14.0 Å². The van der Waals surface area contributed by atoms with Gasteiger partial charge < -0.3 is 20.1 Å². The Morgan fingerprint density at radius 2 is 2.00 bits per heavy atom. The summed E-state index contributed by atoms with van der Waals surface area (Å²) in [5, 5.41) is 5.31. The molecule has 2 N–H and O–H groups in total. The van der Waals surface area contributed by atoms with Gasteiger partial charge in [0.1, 0.15) is 5.82 Å². The minimum atomic E-state index is -0.619. The third-order valence-electron chi connectivity index (χ3n) is 3.42. The molecule has 2 aromatic rings. The molecule has 3 rings (SSSR count). The van der Waals surface area contributed by atoms with Crippen molar-refractivity contribution in [3.8, 4) is 11.5 Å². The third kappa shape index (κ3) is 4.12. The molecule has 1 heterocycles. The number of carbonyl (C=O) groups excluding carboxylic acids is 2. The number of carbonyl (C=O) groups is 2. The Hall–Kier alpha value is -3.06. The van der Waals surface area contributed by atoms with Gasteiger partial charge in [-0.3, -0.25) is 9.59 Å². The standard InChI is InChI=1S/C18H14ClFN2O4/c1-10(23)21-12-3-4-14(20)15(8-12)22-17(24)5-2-11-6-13(19)18-16(7-11)25-9-26-18/h2-8H,9H2,1H3,(H,21,23)(H,22,24)/b5-2+. The zero-order chi connectivity index (χ0) is 18.7. The number of amides is 2. The highest BCUT2D eigenvalue weighted by atomic mass is 35.5. The molecule has 0 saturated carbocycles. The first kappa shape index (κ1) is 17.8. The molecule has 1 aliphatic rings. The molecule has 2 aromatic carbocycles. The Morgan fingerprint density at radius 3 is 2.77 bits per heavy atom. The Bertz CT molecular complexity index is 914. The Morgan fingerprint density at radius 1 is 1.19 bits per heavy atom. The van der Waals surface area contributed by atoms with E-state index in [1.54, 1.807) is 12.1 Å². The van der Waals surface area contributed by atoms with Crippen LogP contribution < -0.4 is 20.1 Å². The van der Waals surface area contributed by atoms with Crippen LogP contribution in [0.4, 0.5) is 15.8 Å². The molecule has 0 atom stereocenters. The molecule has 0 fully saturated rings. The molecular weight excluding hydrogens is 363 g/mol. The van der Waals surface area contributed by atoms with Crippen molar-refractivity contribution < 1.29 is 23.5 Å². The highest BCUT2D eigenvalue weighted by molar-refractivity contribution is 6.32. The molecule has 0 aromatic heterocycles. The zero-order valence-electron chi connectivity index (χ0n) is 13.6. The highest BCUT2D eigenvalue weighted by Gasteiger charge is 2.17. The summed E-state index contributed by atoms with van der Waals surface area (Å²) in [6, 6.07) is 7.19. The largest absolute Gasteiger partial charge is 0.454 e. The SMILES string of the molecule is CC(=O)Nc1ccc(F)c(NC(=O)/C=C/c2cc(Cl)c3c(c2)OCO3)c1. The smallest absolute Gasteiger partial charge is 0.248 e. The second-order valence-electron chi connectivity index (χ2n) is 5.43. The number of nitrogens with one attached hydrogen (secondary N) is 2. The summed E-state index contributed by atoms with van der Waals surface area (Å²) in [5.41, 5.74) is 0.956. The zero-order valence-corrected chi connectivity index (χ0v) is 14.4. The van der Waals surface area contributed by atoms with Crippen LogP contribution in [-0.2, 0) is 9.59 Å². The lowest BCUT2D eigenvalue weighted by atomic mass is 10.2. The molecule has 2 amide bonds. The van der Waals surface area contributed by atoms with E-state index in [0.717, 1.165) is 6.07 Å². The predicted octanol–water partition coefficient (Wildman–Crippen LogP) is 3.82. The summed E-state index contributed by atoms with van der Waals surface area (Å²) < 4.78 is 24.3. The van der Waals surface area contributed by atoms with Crippen molar-refractivity contribution in [2.75, 3.05) is 17.4 Å². The van der Waals surface area contributed by atoms with Gasteiger partial charge in [0.2, 0.25) is 18.6 Å². The molecule has 0 aliphatic carbocycles. The highest BCUT2D eigenvalue weighted by Crippen LogP contribution is 2.40. The van der Waals surface area contributed by atoms with Crippen LogP contribution in [0.5, 0.6) is 11.5 Å². The quantitative estimate of drug-likeness (QED) is 0.795. The van der Waals surface area contributed by atoms with Crippen molar-refractivity contribution in [1.82, 2.24) is 0 Å². The van der Waals surface area contributed by atoms with Crippen LogP contribution in [0.2, 0.25) is 5.02 Å². The monoisotopic (exact) mass is 376 g/mol. The van der Waals surface area contributed by atoms with Gasteiger partial charge in [-0.2, -0.15) is 0 Å². The van der Waals surface area contributed by atoms with E-state index in [1.165, 1.54) is 31.2 Å². The van der Waals surface area contributed by atoms with E-state index in [4.69, 9.17) is 21.1 Å². The van der Waals surface area contributed by atoms with Gasteiger partial charge in [-0.1, -0.05) is 11.6 Å². The summed E-state index contributed by atoms with van der Waals surface area (Å²) in [7, 11) is 0. The minimum absolute atomic E-state index is 0.0466. The number of benzene rings is 2. The van der Waals surface area contributed by atoms with E-state index in [0.29, 0.717) is 27.8 Å². The second kappa shape index (κ2) is 7.45. The molecule has 0 radical (unpaired) electrons. The number of fused-ring (bicyclic) bond motifs is 1. The number of anilines is 2. The van der Waals surface area contributed by atoms with Crippen LogP contribution in [0.1, 0.15) is 12.5 Å². The van der Waals surface area contributed by atoms with Crippen molar-refractivity contribution in [3.63, 3.8) is 0 Å². The van der Waals surface area contributed by atoms with Crippen LogP contribution in [0.25, 0.3) is 6.08 Å². The van der Waals surface area contributed by atoms with E-state index >= 15 is 0 Å². The molecule has 6 nitrogen and oxygen atoms in total. The first-order chi connectivity index (χ1) is 12.4. The maximum atomic E-state index is 13.8. The van der Waals surface area contributed by atoms with Crippen molar-refractivity contribution in [1.29, 1.82) is 0 Å². The fraction of sp³-hybridized carbons (Fsp3) is 0.111. The fourth-order valence-electron chi connectivity index (χ4n) is 2.33. The maximum Gasteiger partial charge on any atom is 0.248 e. The van der Waals surface area contributed by atoms with Crippen molar-refractivity contribution in [2.24, 2.45) is 0 Å². The molecule has 26 heavy (non-hydrogen) atoms. The van der Waals surface area contributed by atoms with E-state index in [-0.39, 0.29) is 18.4 Å². The molecule has 1 aliphatic heterocycles. The number of rotatable bonds is 4. The summed E-state index contributed by atoms with van der Waals surface area (Å²) in [6.45, 7) is 1.42. The van der Waals surface area contributed by atoms with Gasteiger partial charge in [0.25, 0.3) is 0 Å². The van der Waals surface area contributed by atoms with Gasteiger partial charge >= 0.3 is 0 Å². The molecule has 0 saturated heterocycles. The first-order valence-corrected chi connectivity index (χ1v) is 7.95. The van der Waals surface area contributed by atoms with Crippen molar-refractivity contribution >= 4 is 40.9 Å². The summed E-state index contributed by atoms with van der Waals surface area (Å²) in [5.74, 6) is -0.505. The first-order valence-electron chi connectivity index (χ1n) is 7.58. The summed E-state index contributed by atoms with van der Waals surface area (Å²) in [4.78, 5) is 23.1. The van der Waals surface area contributed by atoms with E-state index in [2.05, 4.69) is 10.6 Å². The minimum Gasteiger partial charge on any atom is -0.454 e. The number of halogens is 2. The van der Waals surface area contributed by atoms with Crippen molar-refractivity contribution in [2.45, 2.75) is 6.92 Å². The Labute approximate surface area is 153 Å². The number of hydrogen-bond donors (Lipinski definition) is 2. The summed E-state index contributed by atoms with van der Waals surface area (Å²) >= 11 is 6.08. The van der Waals surface area contributed by atoms with Crippen LogP contribution in [0, 0.1) is 5.82 Å². The summed E-state index contributed by atoms with van der Waals surface area (Å²) in [6.07, 6.45) is 2.75. The molecule has 0 unspecified atom stereocenters. The lowest BCUT2D eigenvalue weighted by molar-refractivity contribution is -0.114. The molecule has 0 bridgehead atoms. The third-order valence-corrected chi connectivity index (χ3v) is 3.70. The molecule has 0 spiro atoms. The van der Waals surface area contributed by atoms with Gasteiger partial charge in [0.15, 0.2) is 11.5 Å². The fourth-order valence-corrected chi connectivity index (χ4v) is 2.61. The van der Waals surface area contributed by atoms with Gasteiger partial charge in [-0.25, -0.2) is 4.39 Å². The van der Waals surface area contributed by atoms with Crippen LogP contribution in [0.15, 0.2) is 36.4 Å². The van der Waals surface area contributed by atoms with Crippen LogP contribution in [0.3, 0.4) is 0 Å². The average molecular weight is 377 g/mol. The van der Waals surface area contributed by atoms with Crippen LogP contribution in [-0.4, -0.2) is 18.6 Å². The van der Waals surface area contributed by atoms with Gasteiger partial charge in [-0.05, 0) is 42.0 Å². The number of hydrogen-bond acceptors (Lipinski definition) is 4. The van der Waals surface area contributed by atoms with Gasteiger partial charge in [-0.15, -0.1) is 0 Å². The van der Waals surface area contributed by atoms with Crippen LogP contribution >= 0.6 is 11.6 Å². The Balaban J connectivity index is 1.72. The second-order valence-corrected chi connectivity index (χ2v) is 5.84. The molecule has 134 valence electrons. The van der Waals surface area contributed by atoms with Crippen molar-refractivity contribution in [3.05, 3.63) is 52.8 Å². The van der Waals surface area contributed by atoms with Gasteiger partial charge in [0, 0.05) is 18.7 Å². The van der Waals surface area contributed by atoms with E-state index in [1.807, 2.05) is 0 Å². The number of ether oxygens (including phenoxy) is 2. The average Bonchev–Trinajstić information content (AvgIpc) is 3.05. The van der Waals surface area contributed by atoms with Gasteiger partial charge in [0.05, 0.1) is 10.7 Å². The normalized spacial score (nSPS) is 12.3. The lowest BCUT2D eigenvalue weighted by Gasteiger charge is -2.07. The maximum absolute atomic E-state index is 13.8. The Kier molecular flexibility index (Phi) is 5.09. The molecular formula is C18H14ClFN2O4. The topological polar surface area (TPSA) is 76.7 Å². The van der Waals surface area contributed by atoms with E-state index < -0.39 is 11.7 Å². The molecule has 8 heteroatoms.